The second-order valence-corrected chi connectivity index (χ2v) is 5.48. The maximum absolute atomic E-state index is 12.0. The smallest absolute Gasteiger partial charge is 0.220 e. The molecule has 116 valence electrons. The number of hydrogen-bond acceptors (Lipinski definition) is 2. The van der Waals surface area contributed by atoms with Gasteiger partial charge in [0.2, 0.25) is 5.91 Å². The molecule has 3 aromatic rings. The van der Waals surface area contributed by atoms with Crippen LogP contribution in [0.5, 0.6) is 5.75 Å². The summed E-state index contributed by atoms with van der Waals surface area (Å²) in [6, 6.07) is 20.8. The molecule has 1 amide bonds. The number of phenolic OH excluding ortho intramolecular Hbond substituents is 1. The van der Waals surface area contributed by atoms with Crippen LogP contribution in [0.2, 0.25) is 0 Å². The first-order valence-electron chi connectivity index (χ1n) is 7.75. The highest BCUT2D eigenvalue weighted by molar-refractivity contribution is 5.89. The van der Waals surface area contributed by atoms with Gasteiger partial charge in [0.1, 0.15) is 5.75 Å². The Labute approximate surface area is 135 Å². The molecule has 0 aromatic heterocycles. The third kappa shape index (κ3) is 3.04. The van der Waals surface area contributed by atoms with Crippen molar-refractivity contribution in [2.75, 3.05) is 0 Å². The van der Waals surface area contributed by atoms with Crippen LogP contribution in [-0.2, 0) is 4.79 Å². The number of benzene rings is 3. The molecule has 0 radical (unpaired) electrons. The van der Waals surface area contributed by atoms with Crippen LogP contribution in [0.3, 0.4) is 0 Å². The van der Waals surface area contributed by atoms with E-state index in [9.17, 15) is 9.90 Å². The van der Waals surface area contributed by atoms with E-state index in [0.717, 1.165) is 21.9 Å². The van der Waals surface area contributed by atoms with Gasteiger partial charge in [0.25, 0.3) is 0 Å². The Morgan fingerprint density at radius 1 is 1.00 bits per heavy atom. The number of hydrogen-bond donors (Lipinski definition) is 2. The van der Waals surface area contributed by atoms with Gasteiger partial charge in [-0.15, -0.1) is 0 Å². The first-order chi connectivity index (χ1) is 11.2. The quantitative estimate of drug-likeness (QED) is 0.760. The molecule has 0 aliphatic heterocycles. The lowest BCUT2D eigenvalue weighted by atomic mass is 9.92. The first-order valence-corrected chi connectivity index (χ1v) is 7.75. The van der Waals surface area contributed by atoms with Gasteiger partial charge in [0.15, 0.2) is 0 Å². The summed E-state index contributed by atoms with van der Waals surface area (Å²) < 4.78 is 0. The normalized spacial score (nSPS) is 12.0. The molecule has 0 fully saturated rings. The van der Waals surface area contributed by atoms with E-state index >= 15 is 0 Å². The molecular formula is C20H19NO2. The zero-order valence-electron chi connectivity index (χ0n) is 13.0. The average Bonchev–Trinajstić information content (AvgIpc) is 2.60. The highest BCUT2D eigenvalue weighted by Crippen LogP contribution is 2.35. The van der Waals surface area contributed by atoms with E-state index in [0.29, 0.717) is 6.42 Å². The van der Waals surface area contributed by atoms with Gasteiger partial charge >= 0.3 is 0 Å². The minimum atomic E-state index is -0.380. The first kappa shape index (κ1) is 15.1. The minimum Gasteiger partial charge on any atom is -0.508 e. The van der Waals surface area contributed by atoms with Crippen LogP contribution < -0.4 is 5.32 Å². The Morgan fingerprint density at radius 2 is 1.70 bits per heavy atom. The topological polar surface area (TPSA) is 49.3 Å². The summed E-state index contributed by atoms with van der Waals surface area (Å²) in [5.41, 5.74) is 1.68. The maximum Gasteiger partial charge on any atom is 0.220 e. The molecular weight excluding hydrogens is 286 g/mol. The average molecular weight is 305 g/mol. The fourth-order valence-corrected chi connectivity index (χ4v) is 2.82. The lowest BCUT2D eigenvalue weighted by molar-refractivity contribution is -0.121. The van der Waals surface area contributed by atoms with E-state index in [4.69, 9.17) is 0 Å². The molecule has 3 aromatic carbocycles. The number of fused-ring (bicyclic) bond motifs is 1. The summed E-state index contributed by atoms with van der Waals surface area (Å²) in [7, 11) is 0. The predicted octanol–water partition coefficient (Wildman–Crippen LogP) is 4.16. The third-order valence-corrected chi connectivity index (χ3v) is 4.00. The number of aromatic hydroxyl groups is 1. The fraction of sp³-hybridized carbons (Fsp3) is 0.150. The highest BCUT2D eigenvalue weighted by Gasteiger charge is 2.21. The summed E-state index contributed by atoms with van der Waals surface area (Å²) in [5.74, 6) is 0.139. The standard InChI is InChI=1S/C20H19NO2/c1-2-18(23)21-20(15-9-4-3-5-10-15)19-16-11-7-6-8-14(16)12-13-17(19)22/h3-13,20,22H,2H2,1H3,(H,21,23)/t20-/m1/s1. The van der Waals surface area contributed by atoms with E-state index in [1.54, 1.807) is 6.07 Å². The van der Waals surface area contributed by atoms with Crippen molar-refractivity contribution >= 4 is 16.7 Å². The molecule has 0 unspecified atom stereocenters. The van der Waals surface area contributed by atoms with Crippen LogP contribution in [0.15, 0.2) is 66.7 Å². The Morgan fingerprint density at radius 3 is 2.43 bits per heavy atom. The third-order valence-electron chi connectivity index (χ3n) is 4.00. The lowest BCUT2D eigenvalue weighted by Gasteiger charge is -2.22. The monoisotopic (exact) mass is 305 g/mol. The van der Waals surface area contributed by atoms with Crippen molar-refractivity contribution in [3.8, 4) is 5.75 Å². The maximum atomic E-state index is 12.0. The SMILES string of the molecule is CCC(=O)N[C@H](c1ccccc1)c1c(O)ccc2ccccc12. The van der Waals surface area contributed by atoms with Crippen molar-refractivity contribution in [2.24, 2.45) is 0 Å². The van der Waals surface area contributed by atoms with Crippen LogP contribution in [-0.4, -0.2) is 11.0 Å². The lowest BCUT2D eigenvalue weighted by Crippen LogP contribution is -2.28. The summed E-state index contributed by atoms with van der Waals surface area (Å²) in [4.78, 5) is 12.0. The molecule has 3 rings (SSSR count). The molecule has 0 saturated carbocycles. The van der Waals surface area contributed by atoms with E-state index in [-0.39, 0.29) is 17.7 Å². The molecule has 0 aliphatic carbocycles. The Balaban J connectivity index is 2.21. The van der Waals surface area contributed by atoms with Crippen LogP contribution >= 0.6 is 0 Å². The van der Waals surface area contributed by atoms with Crippen molar-refractivity contribution in [1.82, 2.24) is 5.32 Å². The zero-order valence-corrected chi connectivity index (χ0v) is 13.0. The molecule has 2 N–H and O–H groups in total. The second kappa shape index (κ2) is 6.53. The van der Waals surface area contributed by atoms with Crippen molar-refractivity contribution in [2.45, 2.75) is 19.4 Å². The molecule has 0 spiro atoms. The van der Waals surface area contributed by atoms with Gasteiger partial charge < -0.3 is 10.4 Å². The van der Waals surface area contributed by atoms with E-state index in [1.165, 1.54) is 0 Å². The van der Waals surface area contributed by atoms with Crippen molar-refractivity contribution < 1.29 is 9.90 Å². The summed E-state index contributed by atoms with van der Waals surface area (Å²) in [6.45, 7) is 1.82. The molecule has 3 nitrogen and oxygen atoms in total. The van der Waals surface area contributed by atoms with Crippen LogP contribution in [0.1, 0.15) is 30.5 Å². The number of carbonyl (C=O) groups excluding carboxylic acids is 1. The Hall–Kier alpha value is -2.81. The molecule has 1 atom stereocenters. The molecule has 0 heterocycles. The van der Waals surface area contributed by atoms with Gasteiger partial charge in [0.05, 0.1) is 6.04 Å². The molecule has 0 saturated heterocycles. The summed E-state index contributed by atoms with van der Waals surface area (Å²) in [6.07, 6.45) is 0.398. The van der Waals surface area contributed by atoms with Gasteiger partial charge in [-0.3, -0.25) is 4.79 Å². The molecule has 23 heavy (non-hydrogen) atoms. The number of carbonyl (C=O) groups is 1. The van der Waals surface area contributed by atoms with Crippen LogP contribution in [0.25, 0.3) is 10.8 Å². The van der Waals surface area contributed by atoms with Gasteiger partial charge in [-0.25, -0.2) is 0 Å². The van der Waals surface area contributed by atoms with E-state index in [2.05, 4.69) is 5.32 Å². The van der Waals surface area contributed by atoms with E-state index in [1.807, 2.05) is 67.6 Å². The highest BCUT2D eigenvalue weighted by atomic mass is 16.3. The summed E-state index contributed by atoms with van der Waals surface area (Å²) >= 11 is 0. The number of amides is 1. The largest absolute Gasteiger partial charge is 0.508 e. The van der Waals surface area contributed by atoms with Gasteiger partial charge in [-0.2, -0.15) is 0 Å². The Kier molecular flexibility index (Phi) is 4.29. The number of phenols is 1. The molecule has 0 bridgehead atoms. The number of nitrogens with one attached hydrogen (secondary N) is 1. The predicted molar refractivity (Wildman–Crippen MR) is 92.3 cm³/mol. The minimum absolute atomic E-state index is 0.0498. The van der Waals surface area contributed by atoms with Crippen LogP contribution in [0.4, 0.5) is 0 Å². The van der Waals surface area contributed by atoms with E-state index < -0.39 is 0 Å². The van der Waals surface area contributed by atoms with Crippen molar-refractivity contribution in [3.05, 3.63) is 77.9 Å². The molecule has 3 heteroatoms. The molecule has 0 aliphatic rings. The van der Waals surface area contributed by atoms with Gasteiger partial charge in [-0.05, 0) is 22.4 Å². The number of rotatable bonds is 4. The zero-order chi connectivity index (χ0) is 16.2. The Bertz CT molecular complexity index is 827. The van der Waals surface area contributed by atoms with Crippen molar-refractivity contribution in [1.29, 1.82) is 0 Å². The fourth-order valence-electron chi connectivity index (χ4n) is 2.82. The summed E-state index contributed by atoms with van der Waals surface area (Å²) in [5, 5.41) is 15.5. The second-order valence-electron chi connectivity index (χ2n) is 5.48. The van der Waals surface area contributed by atoms with Gasteiger partial charge in [0, 0.05) is 12.0 Å². The van der Waals surface area contributed by atoms with Gasteiger partial charge in [-0.1, -0.05) is 67.6 Å². The van der Waals surface area contributed by atoms with Crippen LogP contribution in [0, 0.1) is 0 Å². The van der Waals surface area contributed by atoms with Crippen molar-refractivity contribution in [3.63, 3.8) is 0 Å².